The maximum atomic E-state index is 5.28. The van der Waals surface area contributed by atoms with Crippen LogP contribution in [0.3, 0.4) is 0 Å². The summed E-state index contributed by atoms with van der Waals surface area (Å²) in [5, 5.41) is 1.18. The molecule has 41 heavy (non-hydrogen) atoms. The SMILES string of the molecule is C/C=C\C=C(/C)c1cc(-c2cccc3c2-c2ccccc2C32c3ccccc3-c3ccccc32)nc2ccccc12. The van der Waals surface area contributed by atoms with Crippen LogP contribution in [0.15, 0.2) is 140 Å². The Morgan fingerprint density at radius 1 is 0.610 bits per heavy atom. The van der Waals surface area contributed by atoms with Crippen LogP contribution in [0.25, 0.3) is 50.0 Å². The standard InChI is InChI=1S/C40H29N/c1-3-4-14-26(2)32-25-38(41-37-24-12-8-17-29(32)37)31-19-13-23-36-39(31)30-18-7-11-22-35(30)40(36)33-20-9-5-15-27(33)28-16-6-10-21-34(28)40/h3-25H,1-2H3/b4-3-,26-14+. The molecular weight excluding hydrogens is 494 g/mol. The van der Waals surface area contributed by atoms with Crippen molar-refractivity contribution < 1.29 is 0 Å². The third-order valence-corrected chi connectivity index (χ3v) is 8.98. The third kappa shape index (κ3) is 3.21. The van der Waals surface area contributed by atoms with E-state index in [1.165, 1.54) is 66.6 Å². The predicted molar refractivity (Wildman–Crippen MR) is 172 cm³/mol. The van der Waals surface area contributed by atoms with Crippen molar-refractivity contribution in [3.05, 3.63) is 167 Å². The fourth-order valence-electron chi connectivity index (χ4n) is 7.33. The summed E-state index contributed by atoms with van der Waals surface area (Å²) in [6.45, 7) is 4.25. The fourth-order valence-corrected chi connectivity index (χ4v) is 7.33. The maximum Gasteiger partial charge on any atom is 0.0725 e. The van der Waals surface area contributed by atoms with E-state index in [1.807, 2.05) is 0 Å². The Balaban J connectivity index is 1.47. The zero-order valence-electron chi connectivity index (χ0n) is 23.2. The van der Waals surface area contributed by atoms with Gasteiger partial charge in [-0.05, 0) is 81.6 Å². The first-order valence-electron chi connectivity index (χ1n) is 14.4. The van der Waals surface area contributed by atoms with E-state index in [-0.39, 0.29) is 5.41 Å². The van der Waals surface area contributed by atoms with Gasteiger partial charge in [0.25, 0.3) is 0 Å². The fraction of sp³-hybridized carbons (Fsp3) is 0.0750. The monoisotopic (exact) mass is 523 g/mol. The Labute approximate surface area is 241 Å². The Morgan fingerprint density at radius 3 is 1.88 bits per heavy atom. The van der Waals surface area contributed by atoms with Crippen LogP contribution in [0.5, 0.6) is 0 Å². The molecule has 0 aliphatic heterocycles. The highest BCUT2D eigenvalue weighted by Gasteiger charge is 2.51. The number of para-hydroxylation sites is 1. The number of nitrogens with zero attached hydrogens (tertiary/aromatic N) is 1. The molecule has 0 fully saturated rings. The van der Waals surface area contributed by atoms with Gasteiger partial charge in [0.15, 0.2) is 0 Å². The van der Waals surface area contributed by atoms with E-state index in [0.717, 1.165) is 11.2 Å². The summed E-state index contributed by atoms with van der Waals surface area (Å²) in [5.41, 5.74) is 16.0. The van der Waals surface area contributed by atoms with Crippen LogP contribution < -0.4 is 0 Å². The zero-order valence-corrected chi connectivity index (χ0v) is 23.2. The van der Waals surface area contributed by atoms with Gasteiger partial charge in [0, 0.05) is 10.9 Å². The van der Waals surface area contributed by atoms with Gasteiger partial charge in [-0.15, -0.1) is 0 Å². The molecule has 0 amide bonds. The van der Waals surface area contributed by atoms with Crippen molar-refractivity contribution in [2.24, 2.45) is 0 Å². The maximum absolute atomic E-state index is 5.28. The minimum absolute atomic E-state index is 0.351. The highest BCUT2D eigenvalue weighted by atomic mass is 14.7. The molecule has 0 saturated heterocycles. The lowest BCUT2D eigenvalue weighted by Crippen LogP contribution is -2.25. The van der Waals surface area contributed by atoms with Gasteiger partial charge in [-0.2, -0.15) is 0 Å². The molecule has 6 aromatic rings. The van der Waals surface area contributed by atoms with Crippen LogP contribution in [0, 0.1) is 0 Å². The summed E-state index contributed by atoms with van der Waals surface area (Å²) in [4.78, 5) is 5.28. The van der Waals surface area contributed by atoms with E-state index < -0.39 is 0 Å². The smallest absolute Gasteiger partial charge is 0.0725 e. The molecule has 1 spiro atoms. The molecule has 1 heteroatoms. The largest absolute Gasteiger partial charge is 0.248 e. The number of aromatic nitrogens is 1. The molecule has 0 saturated carbocycles. The molecule has 8 rings (SSSR count). The van der Waals surface area contributed by atoms with Crippen molar-refractivity contribution in [2.45, 2.75) is 19.3 Å². The average Bonchev–Trinajstić information content (AvgIpc) is 3.51. The summed E-state index contributed by atoms with van der Waals surface area (Å²) in [6, 6.07) is 44.5. The molecule has 1 heterocycles. The second-order valence-corrected chi connectivity index (χ2v) is 11.1. The van der Waals surface area contributed by atoms with Gasteiger partial charge in [-0.3, -0.25) is 0 Å². The van der Waals surface area contributed by atoms with E-state index >= 15 is 0 Å². The molecule has 1 aromatic heterocycles. The van der Waals surface area contributed by atoms with Crippen LogP contribution in [-0.2, 0) is 5.41 Å². The van der Waals surface area contributed by atoms with Gasteiger partial charge in [-0.25, -0.2) is 4.98 Å². The number of pyridine rings is 1. The van der Waals surface area contributed by atoms with E-state index in [2.05, 4.69) is 153 Å². The molecule has 0 unspecified atom stereocenters. The Morgan fingerprint density at radius 2 is 1.17 bits per heavy atom. The van der Waals surface area contributed by atoms with Crippen LogP contribution in [0.4, 0.5) is 0 Å². The van der Waals surface area contributed by atoms with Crippen LogP contribution >= 0.6 is 0 Å². The highest BCUT2D eigenvalue weighted by molar-refractivity contribution is 6.01. The summed E-state index contributed by atoms with van der Waals surface area (Å²) in [7, 11) is 0. The van der Waals surface area contributed by atoms with Crippen molar-refractivity contribution >= 4 is 16.5 Å². The third-order valence-electron chi connectivity index (χ3n) is 8.98. The number of benzene rings is 5. The molecule has 0 bridgehead atoms. The second kappa shape index (κ2) is 9.01. The molecule has 5 aromatic carbocycles. The molecule has 0 N–H and O–H groups in total. The van der Waals surface area contributed by atoms with Gasteiger partial charge in [-0.1, -0.05) is 127 Å². The minimum atomic E-state index is -0.351. The first-order valence-corrected chi connectivity index (χ1v) is 14.4. The molecule has 1 nitrogen and oxygen atoms in total. The number of fused-ring (bicyclic) bond motifs is 11. The quantitative estimate of drug-likeness (QED) is 0.210. The Kier molecular flexibility index (Phi) is 5.24. The molecule has 2 aliphatic carbocycles. The molecular formula is C40H29N. The van der Waals surface area contributed by atoms with E-state index in [9.17, 15) is 0 Å². The Hall–Kier alpha value is -5.01. The van der Waals surface area contributed by atoms with Gasteiger partial charge in [0.05, 0.1) is 16.6 Å². The minimum Gasteiger partial charge on any atom is -0.248 e. The van der Waals surface area contributed by atoms with E-state index in [0.29, 0.717) is 0 Å². The average molecular weight is 524 g/mol. The molecule has 194 valence electrons. The number of rotatable bonds is 3. The lowest BCUT2D eigenvalue weighted by molar-refractivity contribution is 0.794. The van der Waals surface area contributed by atoms with Gasteiger partial charge < -0.3 is 0 Å². The lowest BCUT2D eigenvalue weighted by atomic mass is 9.70. The summed E-state index contributed by atoms with van der Waals surface area (Å²) in [5.74, 6) is 0. The van der Waals surface area contributed by atoms with Gasteiger partial charge in [0.2, 0.25) is 0 Å². The van der Waals surface area contributed by atoms with Crippen molar-refractivity contribution in [1.29, 1.82) is 0 Å². The van der Waals surface area contributed by atoms with E-state index in [1.54, 1.807) is 0 Å². The van der Waals surface area contributed by atoms with Crippen molar-refractivity contribution in [2.75, 3.05) is 0 Å². The van der Waals surface area contributed by atoms with Crippen molar-refractivity contribution in [3.63, 3.8) is 0 Å². The number of allylic oxidation sites excluding steroid dienone is 4. The number of hydrogen-bond acceptors (Lipinski definition) is 1. The van der Waals surface area contributed by atoms with E-state index in [4.69, 9.17) is 4.98 Å². The van der Waals surface area contributed by atoms with Crippen molar-refractivity contribution in [1.82, 2.24) is 4.98 Å². The first-order chi connectivity index (χ1) is 20.2. The van der Waals surface area contributed by atoms with Gasteiger partial charge in [0.1, 0.15) is 0 Å². The summed E-state index contributed by atoms with van der Waals surface area (Å²) in [6.07, 6.45) is 6.38. The topological polar surface area (TPSA) is 12.9 Å². The van der Waals surface area contributed by atoms with Crippen LogP contribution in [0.2, 0.25) is 0 Å². The zero-order chi connectivity index (χ0) is 27.6. The van der Waals surface area contributed by atoms with Crippen LogP contribution in [-0.4, -0.2) is 4.98 Å². The first kappa shape index (κ1) is 23.8. The van der Waals surface area contributed by atoms with Crippen LogP contribution in [0.1, 0.15) is 41.7 Å². The van der Waals surface area contributed by atoms with Crippen molar-refractivity contribution in [3.8, 4) is 33.5 Å². The number of hydrogen-bond donors (Lipinski definition) is 0. The molecule has 0 radical (unpaired) electrons. The predicted octanol–water partition coefficient (Wildman–Crippen LogP) is 10.2. The van der Waals surface area contributed by atoms with Gasteiger partial charge >= 0.3 is 0 Å². The summed E-state index contributed by atoms with van der Waals surface area (Å²) >= 11 is 0. The molecule has 0 atom stereocenters. The molecule has 2 aliphatic rings. The lowest BCUT2D eigenvalue weighted by Gasteiger charge is -2.30. The highest BCUT2D eigenvalue weighted by Crippen LogP contribution is 2.63. The summed E-state index contributed by atoms with van der Waals surface area (Å²) < 4.78 is 0. The second-order valence-electron chi connectivity index (χ2n) is 11.1. The Bertz CT molecular complexity index is 2030. The normalized spacial score (nSPS) is 14.3.